The van der Waals surface area contributed by atoms with Gasteiger partial charge in [0.05, 0.1) is 11.9 Å². The largest absolute Gasteiger partial charge is 0.392 e. The van der Waals surface area contributed by atoms with E-state index in [1.165, 1.54) is 4.31 Å². The number of sulfonamides is 1. The second kappa shape index (κ2) is 4.79. The number of alkyl halides is 1. The Morgan fingerprint density at radius 2 is 2.29 bits per heavy atom. The Balaban J connectivity index is 2.57. The van der Waals surface area contributed by atoms with Crippen LogP contribution in [0.4, 0.5) is 0 Å². The van der Waals surface area contributed by atoms with Crippen molar-refractivity contribution in [2.75, 3.05) is 24.7 Å². The summed E-state index contributed by atoms with van der Waals surface area (Å²) >= 11 is 5.56. The van der Waals surface area contributed by atoms with Crippen LogP contribution in [0.1, 0.15) is 13.3 Å². The van der Waals surface area contributed by atoms with Crippen molar-refractivity contribution >= 4 is 21.6 Å². The molecule has 1 heterocycles. The Hall–Kier alpha value is 0.160. The molecule has 1 N–H and O–H groups in total. The first kappa shape index (κ1) is 12.2. The molecule has 1 aliphatic rings. The lowest BCUT2D eigenvalue weighted by molar-refractivity contribution is 0.189. The second-order valence-electron chi connectivity index (χ2n) is 3.84. The maximum Gasteiger partial charge on any atom is 0.214 e. The molecule has 2 unspecified atom stereocenters. The molecule has 2 atom stereocenters. The minimum Gasteiger partial charge on any atom is -0.392 e. The van der Waals surface area contributed by atoms with Crippen molar-refractivity contribution in [3.05, 3.63) is 0 Å². The molecule has 0 spiro atoms. The molecule has 0 saturated carbocycles. The molecule has 1 saturated heterocycles. The fraction of sp³-hybridized carbons (Fsp3) is 1.00. The molecule has 1 fully saturated rings. The van der Waals surface area contributed by atoms with Gasteiger partial charge in [-0.1, -0.05) is 6.92 Å². The van der Waals surface area contributed by atoms with Crippen LogP contribution >= 0.6 is 11.6 Å². The Labute approximate surface area is 89.9 Å². The lowest BCUT2D eigenvalue weighted by Gasteiger charge is -2.17. The van der Waals surface area contributed by atoms with E-state index in [2.05, 4.69) is 0 Å². The summed E-state index contributed by atoms with van der Waals surface area (Å²) in [7, 11) is -3.22. The number of halogens is 1. The Bertz CT molecular complexity index is 280. The molecular formula is C8H16ClNO3S. The molecule has 1 rings (SSSR count). The van der Waals surface area contributed by atoms with Crippen molar-refractivity contribution < 1.29 is 13.5 Å². The minimum atomic E-state index is -3.22. The summed E-state index contributed by atoms with van der Waals surface area (Å²) in [5, 5.41) is 9.22. The number of aliphatic hydroxyl groups is 1. The highest BCUT2D eigenvalue weighted by Gasteiger charge is 2.30. The number of nitrogens with zero attached hydrogens (tertiary/aromatic N) is 1. The van der Waals surface area contributed by atoms with Crippen molar-refractivity contribution in [3.63, 3.8) is 0 Å². The number of rotatable bonds is 4. The molecule has 0 radical (unpaired) electrons. The van der Waals surface area contributed by atoms with Gasteiger partial charge in [-0.3, -0.25) is 0 Å². The van der Waals surface area contributed by atoms with Gasteiger partial charge < -0.3 is 5.11 Å². The molecular weight excluding hydrogens is 226 g/mol. The molecule has 4 nitrogen and oxygen atoms in total. The molecule has 1 aliphatic heterocycles. The average molecular weight is 242 g/mol. The normalized spacial score (nSPS) is 26.6. The Morgan fingerprint density at radius 3 is 2.71 bits per heavy atom. The highest BCUT2D eigenvalue weighted by Crippen LogP contribution is 2.16. The molecule has 0 amide bonds. The highest BCUT2D eigenvalue weighted by atomic mass is 35.5. The average Bonchev–Trinajstić information content (AvgIpc) is 2.51. The highest BCUT2D eigenvalue weighted by molar-refractivity contribution is 7.89. The summed E-state index contributed by atoms with van der Waals surface area (Å²) in [6.45, 7) is 2.47. The molecule has 14 heavy (non-hydrogen) atoms. The summed E-state index contributed by atoms with van der Waals surface area (Å²) in [6.07, 6.45) is 0.0326. The van der Waals surface area contributed by atoms with Crippen LogP contribution in [0.2, 0.25) is 0 Å². The first-order valence-corrected chi connectivity index (χ1v) is 6.82. The lowest BCUT2D eigenvalue weighted by Crippen LogP contribution is -2.34. The monoisotopic (exact) mass is 241 g/mol. The van der Waals surface area contributed by atoms with E-state index in [9.17, 15) is 13.5 Å². The standard InChI is InChI=1S/C8H16ClNO3S/c1-7(4-9)6-14(12,13)10-3-2-8(11)5-10/h7-8,11H,2-6H2,1H3. The van der Waals surface area contributed by atoms with Crippen LogP contribution in [0.3, 0.4) is 0 Å². The molecule has 0 aromatic carbocycles. The topological polar surface area (TPSA) is 57.6 Å². The zero-order valence-corrected chi connectivity index (χ0v) is 9.76. The SMILES string of the molecule is CC(CCl)CS(=O)(=O)N1CCC(O)C1. The van der Waals surface area contributed by atoms with Crippen LogP contribution in [0.5, 0.6) is 0 Å². The van der Waals surface area contributed by atoms with E-state index >= 15 is 0 Å². The Kier molecular flexibility index (Phi) is 4.18. The number of hydrogen-bond donors (Lipinski definition) is 1. The van der Waals surface area contributed by atoms with Crippen LogP contribution in [-0.2, 0) is 10.0 Å². The van der Waals surface area contributed by atoms with Gasteiger partial charge in [-0.25, -0.2) is 8.42 Å². The van der Waals surface area contributed by atoms with Gasteiger partial charge in [0.15, 0.2) is 0 Å². The van der Waals surface area contributed by atoms with Crippen LogP contribution in [0.15, 0.2) is 0 Å². The van der Waals surface area contributed by atoms with Crippen LogP contribution in [0.25, 0.3) is 0 Å². The van der Waals surface area contributed by atoms with E-state index in [1.807, 2.05) is 0 Å². The first-order chi connectivity index (χ1) is 6.45. The summed E-state index contributed by atoms with van der Waals surface area (Å²) in [4.78, 5) is 0. The van der Waals surface area contributed by atoms with Gasteiger partial charge in [-0.2, -0.15) is 4.31 Å². The Morgan fingerprint density at radius 1 is 1.64 bits per heavy atom. The number of hydrogen-bond acceptors (Lipinski definition) is 3. The van der Waals surface area contributed by atoms with Crippen molar-refractivity contribution in [2.24, 2.45) is 5.92 Å². The molecule has 0 bridgehead atoms. The fourth-order valence-electron chi connectivity index (χ4n) is 1.47. The van der Waals surface area contributed by atoms with E-state index in [0.717, 1.165) is 0 Å². The van der Waals surface area contributed by atoms with Crippen LogP contribution < -0.4 is 0 Å². The van der Waals surface area contributed by atoms with Crippen LogP contribution in [0, 0.1) is 5.92 Å². The van der Waals surface area contributed by atoms with E-state index in [4.69, 9.17) is 11.6 Å². The van der Waals surface area contributed by atoms with Crippen molar-refractivity contribution in [1.29, 1.82) is 0 Å². The van der Waals surface area contributed by atoms with Gasteiger partial charge >= 0.3 is 0 Å². The minimum absolute atomic E-state index is 0.0422. The van der Waals surface area contributed by atoms with Crippen LogP contribution in [-0.4, -0.2) is 48.7 Å². The van der Waals surface area contributed by atoms with Gasteiger partial charge in [0.1, 0.15) is 0 Å². The lowest BCUT2D eigenvalue weighted by atomic mass is 10.3. The smallest absolute Gasteiger partial charge is 0.214 e. The zero-order valence-electron chi connectivity index (χ0n) is 8.19. The third-order valence-electron chi connectivity index (χ3n) is 2.28. The van der Waals surface area contributed by atoms with E-state index in [0.29, 0.717) is 18.8 Å². The summed E-state index contributed by atoms with van der Waals surface area (Å²) in [5.74, 6) is 0.373. The van der Waals surface area contributed by atoms with Gasteiger partial charge in [-0.15, -0.1) is 11.6 Å². The molecule has 6 heteroatoms. The van der Waals surface area contributed by atoms with Gasteiger partial charge in [0.25, 0.3) is 0 Å². The van der Waals surface area contributed by atoms with Crippen molar-refractivity contribution in [1.82, 2.24) is 4.31 Å². The molecule has 84 valence electrons. The third kappa shape index (κ3) is 3.08. The zero-order chi connectivity index (χ0) is 10.8. The second-order valence-corrected chi connectivity index (χ2v) is 6.16. The fourth-order valence-corrected chi connectivity index (χ4v) is 3.54. The van der Waals surface area contributed by atoms with Gasteiger partial charge in [0, 0.05) is 19.0 Å². The third-order valence-corrected chi connectivity index (χ3v) is 4.91. The summed E-state index contributed by atoms with van der Waals surface area (Å²) < 4.78 is 24.8. The maximum atomic E-state index is 11.7. The molecule has 0 aromatic rings. The predicted octanol–water partition coefficient (Wildman–Crippen LogP) is 0.258. The van der Waals surface area contributed by atoms with E-state index in [-0.39, 0.29) is 18.2 Å². The summed E-state index contributed by atoms with van der Waals surface area (Å²) in [5.41, 5.74) is 0. The van der Waals surface area contributed by atoms with Crippen molar-refractivity contribution in [2.45, 2.75) is 19.4 Å². The van der Waals surface area contributed by atoms with Crippen molar-refractivity contribution in [3.8, 4) is 0 Å². The number of aliphatic hydroxyl groups excluding tert-OH is 1. The van der Waals surface area contributed by atoms with E-state index in [1.54, 1.807) is 6.92 Å². The van der Waals surface area contributed by atoms with Gasteiger partial charge in [-0.05, 0) is 12.3 Å². The summed E-state index contributed by atoms with van der Waals surface area (Å²) in [6, 6.07) is 0. The predicted molar refractivity (Wildman–Crippen MR) is 55.9 cm³/mol. The molecule has 0 aromatic heterocycles. The molecule has 0 aliphatic carbocycles. The quantitative estimate of drug-likeness (QED) is 0.719. The number of β-amino-alcohol motifs (C(OH)–C–C–N with tert-alkyl or cyclic N) is 1. The first-order valence-electron chi connectivity index (χ1n) is 4.67. The maximum absolute atomic E-state index is 11.7. The van der Waals surface area contributed by atoms with Gasteiger partial charge in [0.2, 0.25) is 10.0 Å². The van der Waals surface area contributed by atoms with E-state index < -0.39 is 16.1 Å².